The van der Waals surface area contributed by atoms with Gasteiger partial charge in [-0.05, 0) is 31.2 Å². The molecule has 1 aromatic heterocycles. The Morgan fingerprint density at radius 3 is 2.58 bits per heavy atom. The summed E-state index contributed by atoms with van der Waals surface area (Å²) in [7, 11) is 0. The van der Waals surface area contributed by atoms with Gasteiger partial charge in [-0.3, -0.25) is 4.79 Å². The van der Waals surface area contributed by atoms with Crippen molar-refractivity contribution in [3.8, 4) is 12.1 Å². The third kappa shape index (κ3) is 2.35. The van der Waals surface area contributed by atoms with Gasteiger partial charge in [-0.15, -0.1) is 11.3 Å². The van der Waals surface area contributed by atoms with Gasteiger partial charge in [0, 0.05) is 16.0 Å². The number of aliphatic hydroxyl groups is 1. The van der Waals surface area contributed by atoms with Crippen LogP contribution in [0.1, 0.15) is 44.8 Å². The second-order valence-electron chi connectivity index (χ2n) is 6.17. The number of aliphatic imine (C=N–C) groups is 1. The number of Topliss-reactive ketones (excluding diaryl/α,β-unsaturated/α-hetero) is 1. The predicted molar refractivity (Wildman–Crippen MR) is 98.7 cm³/mol. The minimum atomic E-state index is -0.418. The second-order valence-corrected chi connectivity index (χ2v) is 7.26. The summed E-state index contributed by atoms with van der Waals surface area (Å²) in [5, 5.41) is 30.0. The van der Waals surface area contributed by atoms with Gasteiger partial charge in [-0.2, -0.15) is 10.5 Å². The molecule has 0 amide bonds. The molecule has 5 nitrogen and oxygen atoms in total. The smallest absolute Gasteiger partial charge is 0.200 e. The number of benzene rings is 1. The first kappa shape index (κ1) is 16.3. The van der Waals surface area contributed by atoms with Gasteiger partial charge in [-0.25, -0.2) is 4.99 Å². The molecule has 0 radical (unpaired) electrons. The van der Waals surface area contributed by atoms with Crippen LogP contribution in [0.3, 0.4) is 0 Å². The van der Waals surface area contributed by atoms with E-state index in [1.165, 1.54) is 11.3 Å². The van der Waals surface area contributed by atoms with E-state index in [4.69, 9.17) is 0 Å². The topological polar surface area (TPSA) is 97.2 Å². The number of hydrogen-bond acceptors (Lipinski definition) is 6. The number of hydrogen-bond donors (Lipinski definition) is 1. The van der Waals surface area contributed by atoms with E-state index in [9.17, 15) is 20.4 Å². The molecular formula is C20H13N3O2S. The van der Waals surface area contributed by atoms with Crippen molar-refractivity contribution < 1.29 is 9.90 Å². The molecule has 0 bridgehead atoms. The number of rotatable bonds is 2. The lowest BCUT2D eigenvalue weighted by molar-refractivity contribution is 0.104. The van der Waals surface area contributed by atoms with Crippen LogP contribution in [-0.4, -0.2) is 16.6 Å². The molecule has 0 saturated carbocycles. The van der Waals surface area contributed by atoms with E-state index in [-0.39, 0.29) is 17.0 Å². The fourth-order valence-corrected chi connectivity index (χ4v) is 4.68. The summed E-state index contributed by atoms with van der Waals surface area (Å²) >= 11 is 1.40. The van der Waals surface area contributed by atoms with Gasteiger partial charge in [0.2, 0.25) is 0 Å². The molecule has 2 aliphatic carbocycles. The molecule has 0 atom stereocenters. The number of carbonyl (C=O) groups excluding carboxylic acids is 1. The third-order valence-corrected chi connectivity index (χ3v) is 5.90. The minimum absolute atomic E-state index is 0.0936. The van der Waals surface area contributed by atoms with Gasteiger partial charge >= 0.3 is 0 Å². The van der Waals surface area contributed by atoms with Crippen LogP contribution < -0.4 is 0 Å². The summed E-state index contributed by atoms with van der Waals surface area (Å²) in [4.78, 5) is 18.1. The van der Waals surface area contributed by atoms with Crippen LogP contribution in [0.15, 0.2) is 34.8 Å². The van der Waals surface area contributed by atoms with Gasteiger partial charge in [0.25, 0.3) is 0 Å². The lowest BCUT2D eigenvalue weighted by atomic mass is 9.96. The van der Waals surface area contributed by atoms with Crippen molar-refractivity contribution >= 4 is 33.6 Å². The van der Waals surface area contributed by atoms with Crippen LogP contribution >= 0.6 is 11.3 Å². The van der Waals surface area contributed by atoms with Gasteiger partial charge in [0.05, 0.1) is 5.56 Å². The lowest BCUT2D eigenvalue weighted by Gasteiger charge is -2.09. The highest BCUT2D eigenvalue weighted by atomic mass is 32.1. The van der Waals surface area contributed by atoms with Crippen molar-refractivity contribution in [2.45, 2.75) is 25.7 Å². The van der Waals surface area contributed by atoms with E-state index >= 15 is 0 Å². The molecular weight excluding hydrogens is 346 g/mol. The van der Waals surface area contributed by atoms with E-state index in [1.807, 2.05) is 6.07 Å². The first-order chi connectivity index (χ1) is 12.7. The molecule has 1 aromatic carbocycles. The zero-order valence-corrected chi connectivity index (χ0v) is 14.6. The van der Waals surface area contributed by atoms with E-state index in [0.29, 0.717) is 21.7 Å². The third-order valence-electron chi connectivity index (χ3n) is 4.71. The fourth-order valence-electron chi connectivity index (χ4n) is 3.47. The predicted octanol–water partition coefficient (Wildman–Crippen LogP) is 4.26. The molecule has 2 aliphatic rings. The van der Waals surface area contributed by atoms with Crippen molar-refractivity contribution in [2.75, 3.05) is 0 Å². The number of allylic oxidation sites excluding steroid dienone is 1. The van der Waals surface area contributed by atoms with Crippen LogP contribution in [0, 0.1) is 22.7 Å². The summed E-state index contributed by atoms with van der Waals surface area (Å²) in [5.74, 6) is -0.649. The second kappa shape index (κ2) is 6.25. The normalized spacial score (nSPS) is 16.1. The first-order valence-corrected chi connectivity index (χ1v) is 9.08. The summed E-state index contributed by atoms with van der Waals surface area (Å²) in [5.41, 5.74) is 2.01. The Bertz CT molecular complexity index is 1090. The largest absolute Gasteiger partial charge is 0.506 e. The quantitative estimate of drug-likeness (QED) is 0.810. The van der Waals surface area contributed by atoms with Crippen molar-refractivity contribution in [1.82, 2.24) is 0 Å². The van der Waals surface area contributed by atoms with Gasteiger partial charge in [0.15, 0.2) is 11.5 Å². The zero-order chi connectivity index (χ0) is 18.3. The molecule has 1 N–H and O–H groups in total. The van der Waals surface area contributed by atoms with Crippen molar-refractivity contribution in [3.63, 3.8) is 0 Å². The molecule has 2 aromatic rings. The standard InChI is InChI=1S/C20H13N3O2S/c21-9-14-11-5-3-4-8-16(11)26-20(14)23-15(10-22)17-18(24)12-6-1-2-7-13(12)19(17)25/h1-2,6-7,24H,3-5,8H2. The Balaban J connectivity index is 1.85. The Morgan fingerprint density at radius 2 is 1.88 bits per heavy atom. The van der Waals surface area contributed by atoms with Crippen LogP contribution in [0.4, 0.5) is 5.00 Å². The molecule has 0 unspecified atom stereocenters. The van der Waals surface area contributed by atoms with Gasteiger partial charge in [0.1, 0.15) is 28.5 Å². The number of carbonyl (C=O) groups is 1. The highest BCUT2D eigenvalue weighted by Gasteiger charge is 2.33. The van der Waals surface area contributed by atoms with E-state index in [0.717, 1.165) is 36.1 Å². The maximum atomic E-state index is 12.6. The summed E-state index contributed by atoms with van der Waals surface area (Å²) in [6.45, 7) is 0. The lowest BCUT2D eigenvalue weighted by Crippen LogP contribution is -2.08. The number of ketones is 1. The summed E-state index contributed by atoms with van der Waals surface area (Å²) in [6.07, 6.45) is 3.85. The molecule has 0 aliphatic heterocycles. The SMILES string of the molecule is N#CC(=Nc1sc2c(c1C#N)CCCC2)C1=C(O)c2ccccc2C1=O. The maximum absolute atomic E-state index is 12.6. The highest BCUT2D eigenvalue weighted by Crippen LogP contribution is 2.40. The monoisotopic (exact) mass is 359 g/mol. The highest BCUT2D eigenvalue weighted by molar-refractivity contribution is 7.16. The molecule has 0 fully saturated rings. The number of fused-ring (bicyclic) bond motifs is 2. The summed E-state index contributed by atoms with van der Waals surface area (Å²) in [6, 6.07) is 10.8. The first-order valence-electron chi connectivity index (χ1n) is 8.26. The average Bonchev–Trinajstić information content (AvgIpc) is 3.15. The molecule has 1 heterocycles. The van der Waals surface area contributed by atoms with Crippen molar-refractivity contribution in [3.05, 3.63) is 57.0 Å². The van der Waals surface area contributed by atoms with Crippen molar-refractivity contribution in [1.29, 1.82) is 10.5 Å². The number of nitrogens with zero attached hydrogens (tertiary/aromatic N) is 3. The fraction of sp³-hybridized carbons (Fsp3) is 0.200. The number of thiophene rings is 1. The van der Waals surface area contributed by atoms with E-state index in [1.54, 1.807) is 24.3 Å². The van der Waals surface area contributed by atoms with Gasteiger partial charge in [-0.1, -0.05) is 24.3 Å². The Kier molecular flexibility index (Phi) is 3.91. The zero-order valence-electron chi connectivity index (χ0n) is 13.7. The average molecular weight is 359 g/mol. The van der Waals surface area contributed by atoms with Gasteiger partial charge < -0.3 is 5.11 Å². The molecule has 4 rings (SSSR count). The van der Waals surface area contributed by atoms with Crippen LogP contribution in [-0.2, 0) is 12.8 Å². The molecule has 126 valence electrons. The molecule has 0 saturated heterocycles. The number of aliphatic hydroxyl groups excluding tert-OH is 1. The van der Waals surface area contributed by atoms with Crippen LogP contribution in [0.25, 0.3) is 5.76 Å². The molecule has 26 heavy (non-hydrogen) atoms. The molecule has 0 spiro atoms. The Hall–Kier alpha value is -3.22. The number of nitriles is 2. The van der Waals surface area contributed by atoms with Crippen LogP contribution in [0.5, 0.6) is 0 Å². The van der Waals surface area contributed by atoms with Crippen LogP contribution in [0.2, 0.25) is 0 Å². The Morgan fingerprint density at radius 1 is 1.15 bits per heavy atom. The maximum Gasteiger partial charge on any atom is 0.200 e. The minimum Gasteiger partial charge on any atom is -0.506 e. The molecule has 6 heteroatoms. The number of aryl methyl sites for hydroxylation is 1. The van der Waals surface area contributed by atoms with E-state index < -0.39 is 5.78 Å². The summed E-state index contributed by atoms with van der Waals surface area (Å²) < 4.78 is 0. The van der Waals surface area contributed by atoms with E-state index in [2.05, 4.69) is 11.1 Å². The van der Waals surface area contributed by atoms with Crippen molar-refractivity contribution in [2.24, 2.45) is 4.99 Å². The Labute approximate surface area is 154 Å².